The number of aliphatic carboxylic acids is 1. The van der Waals surface area contributed by atoms with Crippen LogP contribution in [0.2, 0.25) is 0 Å². The molecule has 0 saturated carbocycles. The van der Waals surface area contributed by atoms with Gasteiger partial charge in [-0.1, -0.05) is 0 Å². The first-order chi connectivity index (χ1) is 10.0. The number of amides is 1. The molecule has 1 heterocycles. The van der Waals surface area contributed by atoms with Crippen LogP contribution in [0.5, 0.6) is 0 Å². The number of nitrogens with zero attached hydrogens (tertiary/aromatic N) is 1. The summed E-state index contributed by atoms with van der Waals surface area (Å²) in [4.78, 5) is 32.3. The number of ether oxygens (including phenoxy) is 1. The van der Waals surface area contributed by atoms with Gasteiger partial charge in [0.05, 0.1) is 13.0 Å². The molecule has 3 N–H and O–H groups in total. The van der Waals surface area contributed by atoms with E-state index in [1.165, 1.54) is 0 Å². The van der Waals surface area contributed by atoms with Gasteiger partial charge in [-0.15, -0.1) is 0 Å². The average molecular weight is 304 g/mol. The molecule has 1 aliphatic rings. The SMILES string of the molecule is COCCN1CCC(CNC(=O)CCC(=O)O)C1.O=CO. The van der Waals surface area contributed by atoms with Gasteiger partial charge in [-0.3, -0.25) is 14.4 Å². The molecule has 0 spiro atoms. The lowest BCUT2D eigenvalue weighted by Gasteiger charge is -2.15. The Kier molecular flexibility index (Phi) is 11.1. The maximum Gasteiger partial charge on any atom is 0.303 e. The maximum atomic E-state index is 11.3. The Morgan fingerprint density at radius 3 is 2.67 bits per heavy atom. The standard InChI is InChI=1S/C12H22N2O4.CH2O2/c1-18-7-6-14-5-4-10(9-14)8-13-11(15)2-3-12(16)17;2-1-3/h10H,2-9H2,1H3,(H,13,15)(H,16,17);1H,(H,2,3). The van der Waals surface area contributed by atoms with E-state index in [1.807, 2.05) is 0 Å². The molecule has 1 aliphatic heterocycles. The van der Waals surface area contributed by atoms with Gasteiger partial charge in [0.25, 0.3) is 6.47 Å². The van der Waals surface area contributed by atoms with Crippen molar-refractivity contribution >= 4 is 18.3 Å². The van der Waals surface area contributed by atoms with E-state index in [2.05, 4.69) is 10.2 Å². The van der Waals surface area contributed by atoms with Crippen molar-refractivity contribution in [3.05, 3.63) is 0 Å². The second kappa shape index (κ2) is 12.1. The summed E-state index contributed by atoms with van der Waals surface area (Å²) in [6.07, 6.45) is 1.04. The highest BCUT2D eigenvalue weighted by atomic mass is 16.5. The van der Waals surface area contributed by atoms with Crippen LogP contribution < -0.4 is 5.32 Å². The van der Waals surface area contributed by atoms with E-state index in [9.17, 15) is 9.59 Å². The summed E-state index contributed by atoms with van der Waals surface area (Å²) in [5.74, 6) is -0.639. The molecule has 1 unspecified atom stereocenters. The topological polar surface area (TPSA) is 116 Å². The van der Waals surface area contributed by atoms with Crippen molar-refractivity contribution in [3.8, 4) is 0 Å². The maximum absolute atomic E-state index is 11.3. The number of hydrogen-bond donors (Lipinski definition) is 3. The molecule has 122 valence electrons. The lowest BCUT2D eigenvalue weighted by molar-refractivity contribution is -0.138. The fourth-order valence-electron chi connectivity index (χ4n) is 2.07. The number of carbonyl (C=O) groups is 3. The van der Waals surface area contributed by atoms with E-state index in [4.69, 9.17) is 19.7 Å². The smallest absolute Gasteiger partial charge is 0.303 e. The van der Waals surface area contributed by atoms with Crippen LogP contribution in [0.15, 0.2) is 0 Å². The van der Waals surface area contributed by atoms with Crippen LogP contribution >= 0.6 is 0 Å². The van der Waals surface area contributed by atoms with E-state index in [1.54, 1.807) is 7.11 Å². The summed E-state index contributed by atoms with van der Waals surface area (Å²) in [5, 5.41) is 18.1. The molecule has 0 aromatic carbocycles. The van der Waals surface area contributed by atoms with Gasteiger partial charge in [0.2, 0.25) is 5.91 Å². The molecule has 0 bridgehead atoms. The molecule has 1 amide bonds. The van der Waals surface area contributed by atoms with Gasteiger partial charge in [0, 0.05) is 33.2 Å². The summed E-state index contributed by atoms with van der Waals surface area (Å²) in [7, 11) is 1.69. The number of likely N-dealkylation sites (tertiary alicyclic amines) is 1. The Bertz CT molecular complexity index is 324. The van der Waals surface area contributed by atoms with Crippen molar-refractivity contribution in [1.29, 1.82) is 0 Å². The summed E-state index contributed by atoms with van der Waals surface area (Å²) in [6, 6.07) is 0. The van der Waals surface area contributed by atoms with Crippen molar-refractivity contribution in [3.63, 3.8) is 0 Å². The highest BCUT2D eigenvalue weighted by Crippen LogP contribution is 2.14. The summed E-state index contributed by atoms with van der Waals surface area (Å²) in [6.45, 7) is 4.07. The van der Waals surface area contributed by atoms with Crippen molar-refractivity contribution in [1.82, 2.24) is 10.2 Å². The zero-order valence-electron chi connectivity index (χ0n) is 12.3. The normalized spacial score (nSPS) is 17.7. The van der Waals surface area contributed by atoms with Crippen LogP contribution in [0.25, 0.3) is 0 Å². The highest BCUT2D eigenvalue weighted by Gasteiger charge is 2.22. The second-order valence-corrected chi connectivity index (χ2v) is 4.75. The molecule has 1 fully saturated rings. The first-order valence-corrected chi connectivity index (χ1v) is 6.81. The molecule has 0 radical (unpaired) electrons. The molecule has 0 aromatic heterocycles. The Morgan fingerprint density at radius 1 is 1.43 bits per heavy atom. The molecule has 1 saturated heterocycles. The lowest BCUT2D eigenvalue weighted by Crippen LogP contribution is -2.31. The first-order valence-electron chi connectivity index (χ1n) is 6.81. The zero-order valence-corrected chi connectivity index (χ0v) is 12.3. The van der Waals surface area contributed by atoms with Crippen molar-refractivity contribution in [2.45, 2.75) is 19.3 Å². The van der Waals surface area contributed by atoms with Gasteiger partial charge >= 0.3 is 5.97 Å². The first kappa shape index (κ1) is 19.3. The minimum Gasteiger partial charge on any atom is -0.483 e. The number of hydrogen-bond acceptors (Lipinski definition) is 5. The van der Waals surface area contributed by atoms with Gasteiger partial charge in [-0.2, -0.15) is 0 Å². The number of carboxylic acids is 1. The third kappa shape index (κ3) is 10.7. The molecule has 0 aromatic rings. The minimum atomic E-state index is -0.934. The van der Waals surface area contributed by atoms with Gasteiger partial charge < -0.3 is 25.2 Å². The fourth-order valence-corrected chi connectivity index (χ4v) is 2.07. The molecule has 8 heteroatoms. The van der Waals surface area contributed by atoms with Crippen LogP contribution in [0, 0.1) is 5.92 Å². The lowest BCUT2D eigenvalue weighted by atomic mass is 10.1. The number of carboxylic acid groups (broad SMARTS) is 2. The van der Waals surface area contributed by atoms with E-state index in [0.717, 1.165) is 32.7 Å². The summed E-state index contributed by atoms with van der Waals surface area (Å²) >= 11 is 0. The quantitative estimate of drug-likeness (QED) is 0.524. The van der Waals surface area contributed by atoms with Gasteiger partial charge in [0.15, 0.2) is 0 Å². The van der Waals surface area contributed by atoms with E-state index >= 15 is 0 Å². The molecule has 1 atom stereocenters. The summed E-state index contributed by atoms with van der Waals surface area (Å²) in [5.41, 5.74) is 0. The van der Waals surface area contributed by atoms with Crippen LogP contribution in [-0.2, 0) is 19.1 Å². The number of rotatable bonds is 8. The van der Waals surface area contributed by atoms with Crippen molar-refractivity contribution in [2.75, 3.05) is 39.9 Å². The highest BCUT2D eigenvalue weighted by molar-refractivity contribution is 5.80. The molecular weight excluding hydrogens is 280 g/mol. The van der Waals surface area contributed by atoms with Crippen molar-refractivity contribution in [2.24, 2.45) is 5.92 Å². The predicted octanol–water partition coefficient (Wildman–Crippen LogP) is -0.363. The molecular formula is C13H24N2O6. The third-order valence-electron chi connectivity index (χ3n) is 3.14. The zero-order chi connectivity index (χ0) is 16.1. The minimum absolute atomic E-state index is 0.0649. The summed E-state index contributed by atoms with van der Waals surface area (Å²) < 4.78 is 5.02. The van der Waals surface area contributed by atoms with Gasteiger partial charge in [-0.25, -0.2) is 0 Å². The Morgan fingerprint density at radius 2 is 2.10 bits per heavy atom. The van der Waals surface area contributed by atoms with Crippen LogP contribution in [-0.4, -0.2) is 73.4 Å². The van der Waals surface area contributed by atoms with Crippen LogP contribution in [0.1, 0.15) is 19.3 Å². The third-order valence-corrected chi connectivity index (χ3v) is 3.14. The van der Waals surface area contributed by atoms with E-state index in [0.29, 0.717) is 12.5 Å². The van der Waals surface area contributed by atoms with E-state index in [-0.39, 0.29) is 25.2 Å². The Balaban J connectivity index is 0.00000122. The van der Waals surface area contributed by atoms with Gasteiger partial charge in [-0.05, 0) is 18.9 Å². The Hall–Kier alpha value is -1.67. The largest absolute Gasteiger partial charge is 0.483 e. The van der Waals surface area contributed by atoms with Crippen LogP contribution in [0.4, 0.5) is 0 Å². The molecule has 0 aliphatic carbocycles. The number of nitrogens with one attached hydrogen (secondary N) is 1. The molecule has 21 heavy (non-hydrogen) atoms. The molecule has 8 nitrogen and oxygen atoms in total. The molecule has 1 rings (SSSR count). The number of carbonyl (C=O) groups excluding carboxylic acids is 1. The second-order valence-electron chi connectivity index (χ2n) is 4.75. The Labute approximate surface area is 124 Å². The van der Waals surface area contributed by atoms with Crippen molar-refractivity contribution < 1.29 is 29.3 Å². The van der Waals surface area contributed by atoms with Crippen LogP contribution in [0.3, 0.4) is 0 Å². The predicted molar refractivity (Wildman–Crippen MR) is 75.0 cm³/mol. The van der Waals surface area contributed by atoms with Gasteiger partial charge in [0.1, 0.15) is 0 Å². The van der Waals surface area contributed by atoms with E-state index < -0.39 is 5.97 Å². The monoisotopic (exact) mass is 304 g/mol. The number of methoxy groups -OCH3 is 1. The fraction of sp³-hybridized carbons (Fsp3) is 0.769. The average Bonchev–Trinajstić information content (AvgIpc) is 2.89.